The normalized spacial score (nSPS) is 10.2. The second kappa shape index (κ2) is 5.34. The molecule has 2 N–H and O–H groups in total. The van der Waals surface area contributed by atoms with Gasteiger partial charge in [0.2, 0.25) is 0 Å². The molecule has 2 rings (SSSR count). The minimum Gasteiger partial charge on any atom is -0.456 e. The van der Waals surface area contributed by atoms with E-state index < -0.39 is 4.92 Å². The summed E-state index contributed by atoms with van der Waals surface area (Å²) in [7, 11) is 0. The van der Waals surface area contributed by atoms with Gasteiger partial charge in [-0.2, -0.15) is 0 Å². The summed E-state index contributed by atoms with van der Waals surface area (Å²) in [6.07, 6.45) is 0. The molecule has 0 fully saturated rings. The number of hydrogen-bond donors (Lipinski definition) is 1. The van der Waals surface area contributed by atoms with Crippen molar-refractivity contribution < 1.29 is 9.66 Å². The van der Waals surface area contributed by atoms with Crippen LogP contribution >= 0.6 is 23.2 Å². The van der Waals surface area contributed by atoms with Crippen molar-refractivity contribution >= 4 is 34.6 Å². The van der Waals surface area contributed by atoms with Gasteiger partial charge in [0.15, 0.2) is 0 Å². The number of nitrogens with zero attached hydrogens (tertiary/aromatic N) is 1. The van der Waals surface area contributed by atoms with Crippen molar-refractivity contribution in [2.45, 2.75) is 0 Å². The minimum atomic E-state index is -0.607. The van der Waals surface area contributed by atoms with Crippen molar-refractivity contribution in [1.82, 2.24) is 0 Å². The van der Waals surface area contributed by atoms with Crippen LogP contribution in [0, 0.1) is 10.1 Å². The van der Waals surface area contributed by atoms with Crippen molar-refractivity contribution in [1.29, 1.82) is 0 Å². The van der Waals surface area contributed by atoms with E-state index in [2.05, 4.69) is 0 Å². The third-order valence-electron chi connectivity index (χ3n) is 2.34. The first-order valence-corrected chi connectivity index (χ1v) is 5.90. The Balaban J connectivity index is 2.37. The Morgan fingerprint density at radius 2 is 1.95 bits per heavy atom. The van der Waals surface area contributed by atoms with Crippen molar-refractivity contribution in [3.05, 3.63) is 56.6 Å². The van der Waals surface area contributed by atoms with Crippen molar-refractivity contribution in [3.8, 4) is 11.5 Å². The monoisotopic (exact) mass is 298 g/mol. The van der Waals surface area contributed by atoms with Crippen LogP contribution in [0.1, 0.15) is 0 Å². The summed E-state index contributed by atoms with van der Waals surface area (Å²) in [6, 6.07) is 9.30. The van der Waals surface area contributed by atoms with Gasteiger partial charge in [0.05, 0.1) is 4.92 Å². The average Bonchev–Trinajstić information content (AvgIpc) is 2.35. The van der Waals surface area contributed by atoms with E-state index in [1.165, 1.54) is 12.1 Å². The summed E-state index contributed by atoms with van der Waals surface area (Å²) in [5.74, 6) is 0.690. The van der Waals surface area contributed by atoms with Crippen LogP contribution in [0.3, 0.4) is 0 Å². The van der Waals surface area contributed by atoms with E-state index in [1.54, 1.807) is 24.3 Å². The summed E-state index contributed by atoms with van der Waals surface area (Å²) >= 11 is 11.8. The molecule has 0 amide bonds. The van der Waals surface area contributed by atoms with Gasteiger partial charge in [0, 0.05) is 11.1 Å². The molecule has 2 aromatic rings. The van der Waals surface area contributed by atoms with Crippen LogP contribution in [0.25, 0.3) is 0 Å². The molecule has 0 aliphatic rings. The third-order valence-corrected chi connectivity index (χ3v) is 2.97. The topological polar surface area (TPSA) is 78.4 Å². The van der Waals surface area contributed by atoms with Gasteiger partial charge in [-0.15, -0.1) is 0 Å². The predicted molar refractivity (Wildman–Crippen MR) is 74.0 cm³/mol. The van der Waals surface area contributed by atoms with E-state index in [0.717, 1.165) is 0 Å². The molecule has 0 heterocycles. The number of nitrogens with two attached hydrogens (primary N) is 1. The molecule has 98 valence electrons. The highest BCUT2D eigenvalue weighted by atomic mass is 35.5. The van der Waals surface area contributed by atoms with Crippen LogP contribution < -0.4 is 10.5 Å². The molecule has 0 aliphatic heterocycles. The number of nitro benzene ring substituents is 1. The number of ether oxygens (including phenoxy) is 1. The van der Waals surface area contributed by atoms with E-state index >= 15 is 0 Å². The van der Waals surface area contributed by atoms with Crippen LogP contribution in [0.15, 0.2) is 36.4 Å². The highest BCUT2D eigenvalue weighted by Crippen LogP contribution is 2.39. The van der Waals surface area contributed by atoms with Gasteiger partial charge in [-0.25, -0.2) is 0 Å². The number of hydrogen-bond acceptors (Lipinski definition) is 4. The zero-order valence-electron chi connectivity index (χ0n) is 9.47. The first kappa shape index (κ1) is 13.5. The Kier molecular flexibility index (Phi) is 3.78. The molecule has 0 saturated heterocycles. The predicted octanol–water partition coefficient (Wildman–Crippen LogP) is 4.28. The van der Waals surface area contributed by atoms with Crippen molar-refractivity contribution in [2.24, 2.45) is 0 Å². The van der Waals surface area contributed by atoms with Crippen LogP contribution in [-0.4, -0.2) is 4.92 Å². The summed E-state index contributed by atoms with van der Waals surface area (Å²) in [5, 5.41) is 11.2. The lowest BCUT2D eigenvalue weighted by atomic mass is 10.2. The standard InChI is InChI=1S/C12H8Cl2N2O3/c13-7-2-1-3-8(6-7)19-10-5-4-9(16(17)18)12(15)11(10)14/h1-6H,15H2. The maximum Gasteiger partial charge on any atom is 0.293 e. The fourth-order valence-corrected chi connectivity index (χ4v) is 1.84. The molecule has 0 saturated carbocycles. The molecule has 0 atom stereocenters. The molecule has 7 heteroatoms. The first-order valence-electron chi connectivity index (χ1n) is 5.15. The summed E-state index contributed by atoms with van der Waals surface area (Å²) in [4.78, 5) is 10.1. The fraction of sp³-hybridized carbons (Fsp3) is 0. The van der Waals surface area contributed by atoms with E-state index in [4.69, 9.17) is 33.7 Å². The van der Waals surface area contributed by atoms with Crippen LogP contribution in [0.4, 0.5) is 11.4 Å². The molecule has 19 heavy (non-hydrogen) atoms. The quantitative estimate of drug-likeness (QED) is 0.521. The first-order chi connectivity index (χ1) is 8.99. The van der Waals surface area contributed by atoms with Crippen LogP contribution in [0.5, 0.6) is 11.5 Å². The smallest absolute Gasteiger partial charge is 0.293 e. The lowest BCUT2D eigenvalue weighted by Crippen LogP contribution is -1.97. The fourth-order valence-electron chi connectivity index (χ4n) is 1.46. The van der Waals surface area contributed by atoms with Gasteiger partial charge in [-0.05, 0) is 24.3 Å². The summed E-state index contributed by atoms with van der Waals surface area (Å²) in [5.41, 5.74) is 5.19. The molecule has 0 unspecified atom stereocenters. The molecular formula is C12H8Cl2N2O3. The zero-order valence-corrected chi connectivity index (χ0v) is 11.0. The number of anilines is 1. The maximum atomic E-state index is 10.7. The Labute approximate surface area is 118 Å². The van der Waals surface area contributed by atoms with E-state index in [9.17, 15) is 10.1 Å². The largest absolute Gasteiger partial charge is 0.456 e. The van der Waals surface area contributed by atoms with Gasteiger partial charge in [0.25, 0.3) is 5.69 Å². The Morgan fingerprint density at radius 3 is 2.58 bits per heavy atom. The number of halogens is 2. The van der Waals surface area contributed by atoms with E-state index in [1.807, 2.05) is 0 Å². The molecule has 0 aromatic heterocycles. The summed E-state index contributed by atoms with van der Waals surface area (Å²) < 4.78 is 5.49. The molecule has 0 aliphatic carbocycles. The highest BCUT2D eigenvalue weighted by Gasteiger charge is 2.18. The molecule has 2 aromatic carbocycles. The molecular weight excluding hydrogens is 291 g/mol. The van der Waals surface area contributed by atoms with Gasteiger partial charge in [-0.3, -0.25) is 10.1 Å². The SMILES string of the molecule is Nc1c([N+](=O)[O-])ccc(Oc2cccc(Cl)c2)c1Cl. The second-order valence-corrected chi connectivity index (χ2v) is 4.44. The molecule has 5 nitrogen and oxygen atoms in total. The van der Waals surface area contributed by atoms with Gasteiger partial charge < -0.3 is 10.5 Å². The van der Waals surface area contributed by atoms with Gasteiger partial charge in [-0.1, -0.05) is 29.3 Å². The highest BCUT2D eigenvalue weighted by molar-refractivity contribution is 6.35. The maximum absolute atomic E-state index is 10.7. The lowest BCUT2D eigenvalue weighted by molar-refractivity contribution is -0.383. The van der Waals surface area contributed by atoms with E-state index in [0.29, 0.717) is 10.8 Å². The number of nitrogen functional groups attached to an aromatic ring is 1. The van der Waals surface area contributed by atoms with Crippen molar-refractivity contribution in [2.75, 3.05) is 5.73 Å². The minimum absolute atomic E-state index is 0.00539. The lowest BCUT2D eigenvalue weighted by Gasteiger charge is -2.09. The second-order valence-electron chi connectivity index (χ2n) is 3.63. The Morgan fingerprint density at radius 1 is 1.21 bits per heavy atom. The van der Waals surface area contributed by atoms with Crippen LogP contribution in [-0.2, 0) is 0 Å². The Hall–Kier alpha value is -1.98. The molecule has 0 bridgehead atoms. The summed E-state index contributed by atoms with van der Waals surface area (Å²) in [6.45, 7) is 0. The third kappa shape index (κ3) is 2.89. The zero-order chi connectivity index (χ0) is 14.0. The molecule has 0 radical (unpaired) electrons. The van der Waals surface area contributed by atoms with E-state index in [-0.39, 0.29) is 22.1 Å². The van der Waals surface area contributed by atoms with Crippen LogP contribution in [0.2, 0.25) is 10.0 Å². The van der Waals surface area contributed by atoms with Gasteiger partial charge in [0.1, 0.15) is 22.2 Å². The number of nitro groups is 1. The Bertz CT molecular complexity index is 647. The number of rotatable bonds is 3. The van der Waals surface area contributed by atoms with Crippen molar-refractivity contribution in [3.63, 3.8) is 0 Å². The molecule has 0 spiro atoms. The number of benzene rings is 2. The van der Waals surface area contributed by atoms with Gasteiger partial charge >= 0.3 is 0 Å². The average molecular weight is 299 g/mol.